The molecule has 0 aliphatic carbocycles. The number of halogens is 2. The number of nitrogens with zero attached hydrogens (tertiary/aromatic N) is 2. The van der Waals surface area contributed by atoms with Crippen molar-refractivity contribution in [3.05, 3.63) is 113 Å². The fourth-order valence-electron chi connectivity index (χ4n) is 3.14. The highest BCUT2D eigenvalue weighted by Gasteiger charge is 2.21. The van der Waals surface area contributed by atoms with E-state index in [1.54, 1.807) is 47.4 Å². The average Bonchev–Trinajstić information content (AvgIpc) is 3.23. The number of amides is 1. The maximum absolute atomic E-state index is 13.2. The first-order chi connectivity index (χ1) is 14.6. The highest BCUT2D eigenvalue weighted by molar-refractivity contribution is 6.33. The van der Waals surface area contributed by atoms with Crippen LogP contribution in [0.4, 0.5) is 4.39 Å². The van der Waals surface area contributed by atoms with Gasteiger partial charge in [0.05, 0.1) is 17.1 Å². The molecule has 6 heteroatoms. The summed E-state index contributed by atoms with van der Waals surface area (Å²) >= 11 is 6.25. The Hall–Kier alpha value is -3.44. The largest absolute Gasteiger partial charge is 0.356 e. The second-order valence-electron chi connectivity index (χ2n) is 6.82. The Balaban J connectivity index is 1.60. The van der Waals surface area contributed by atoms with E-state index in [0.29, 0.717) is 34.1 Å². The monoisotopic (exact) mass is 420 g/mol. The SMILES string of the molecule is O=C(c1ccccc1Cl)N(Cc1ccccc1)Cc1cc(-c2ccc(F)cc2)on1. The van der Waals surface area contributed by atoms with E-state index in [1.165, 1.54) is 12.1 Å². The van der Waals surface area contributed by atoms with Gasteiger partial charge in [0.15, 0.2) is 5.76 Å². The number of carbonyl (C=O) groups is 1. The van der Waals surface area contributed by atoms with E-state index in [2.05, 4.69) is 5.16 Å². The van der Waals surface area contributed by atoms with E-state index in [9.17, 15) is 9.18 Å². The van der Waals surface area contributed by atoms with Gasteiger partial charge in [-0.25, -0.2) is 4.39 Å². The molecule has 0 atom stereocenters. The van der Waals surface area contributed by atoms with Crippen LogP contribution in [0.5, 0.6) is 0 Å². The van der Waals surface area contributed by atoms with Crippen LogP contribution in [-0.2, 0) is 13.1 Å². The van der Waals surface area contributed by atoms with Crippen LogP contribution in [-0.4, -0.2) is 16.0 Å². The van der Waals surface area contributed by atoms with Gasteiger partial charge in [0.2, 0.25) is 0 Å². The Kier molecular flexibility index (Phi) is 5.91. The molecule has 0 aliphatic heterocycles. The summed E-state index contributed by atoms with van der Waals surface area (Å²) in [5.74, 6) is -0.0106. The van der Waals surface area contributed by atoms with Crippen molar-refractivity contribution >= 4 is 17.5 Å². The van der Waals surface area contributed by atoms with E-state index in [1.807, 2.05) is 30.3 Å². The maximum atomic E-state index is 13.2. The van der Waals surface area contributed by atoms with Crippen molar-refractivity contribution in [3.8, 4) is 11.3 Å². The van der Waals surface area contributed by atoms with Crippen LogP contribution >= 0.6 is 11.6 Å². The van der Waals surface area contributed by atoms with Crippen molar-refractivity contribution in [1.29, 1.82) is 0 Å². The second kappa shape index (κ2) is 8.93. The molecule has 1 heterocycles. The molecule has 0 spiro atoms. The van der Waals surface area contributed by atoms with Crippen LogP contribution in [0.3, 0.4) is 0 Å². The summed E-state index contributed by atoms with van der Waals surface area (Å²) < 4.78 is 18.6. The Morgan fingerprint density at radius 2 is 1.63 bits per heavy atom. The van der Waals surface area contributed by atoms with E-state index in [0.717, 1.165) is 5.56 Å². The van der Waals surface area contributed by atoms with Gasteiger partial charge >= 0.3 is 0 Å². The summed E-state index contributed by atoms with van der Waals surface area (Å²) in [7, 11) is 0. The molecular formula is C24H18ClFN2O2. The zero-order valence-electron chi connectivity index (χ0n) is 16.0. The topological polar surface area (TPSA) is 46.3 Å². The van der Waals surface area contributed by atoms with Crippen LogP contribution in [0.15, 0.2) is 89.5 Å². The van der Waals surface area contributed by atoms with Crippen LogP contribution in [0.1, 0.15) is 21.6 Å². The van der Waals surface area contributed by atoms with Gasteiger partial charge in [-0.3, -0.25) is 4.79 Å². The molecular weight excluding hydrogens is 403 g/mol. The van der Waals surface area contributed by atoms with Crippen LogP contribution < -0.4 is 0 Å². The Labute approximate surface area is 178 Å². The normalized spacial score (nSPS) is 10.7. The zero-order valence-corrected chi connectivity index (χ0v) is 16.7. The zero-order chi connectivity index (χ0) is 20.9. The number of carbonyl (C=O) groups excluding carboxylic acids is 1. The summed E-state index contributed by atoms with van der Waals surface area (Å²) in [5, 5.41) is 4.50. The summed E-state index contributed by atoms with van der Waals surface area (Å²) in [5.41, 5.74) is 2.71. The first-order valence-corrected chi connectivity index (χ1v) is 9.77. The Morgan fingerprint density at radius 3 is 2.37 bits per heavy atom. The molecule has 0 saturated heterocycles. The van der Waals surface area contributed by atoms with Crippen molar-refractivity contribution in [2.24, 2.45) is 0 Å². The van der Waals surface area contributed by atoms with E-state index in [-0.39, 0.29) is 18.3 Å². The molecule has 4 aromatic rings. The van der Waals surface area contributed by atoms with Gasteiger partial charge in [-0.1, -0.05) is 59.2 Å². The second-order valence-corrected chi connectivity index (χ2v) is 7.22. The third kappa shape index (κ3) is 4.58. The van der Waals surface area contributed by atoms with Crippen LogP contribution in [0.2, 0.25) is 5.02 Å². The molecule has 30 heavy (non-hydrogen) atoms. The molecule has 0 bridgehead atoms. The summed E-state index contributed by atoms with van der Waals surface area (Å²) in [6.07, 6.45) is 0. The number of hydrogen-bond donors (Lipinski definition) is 0. The minimum absolute atomic E-state index is 0.198. The third-order valence-corrected chi connectivity index (χ3v) is 4.98. The predicted molar refractivity (Wildman–Crippen MR) is 113 cm³/mol. The lowest BCUT2D eigenvalue weighted by molar-refractivity contribution is 0.0726. The molecule has 3 aromatic carbocycles. The fraction of sp³-hybridized carbons (Fsp3) is 0.0833. The third-order valence-electron chi connectivity index (χ3n) is 4.65. The van der Waals surface area contributed by atoms with Crippen LogP contribution in [0.25, 0.3) is 11.3 Å². The lowest BCUT2D eigenvalue weighted by Gasteiger charge is -2.22. The number of hydrogen-bond acceptors (Lipinski definition) is 3. The van der Waals surface area contributed by atoms with E-state index >= 15 is 0 Å². The van der Waals surface area contributed by atoms with Crippen molar-refractivity contribution in [1.82, 2.24) is 10.1 Å². The molecule has 4 nitrogen and oxygen atoms in total. The van der Waals surface area contributed by atoms with Gasteiger partial charge in [-0.15, -0.1) is 0 Å². The smallest absolute Gasteiger partial charge is 0.256 e. The molecule has 0 unspecified atom stereocenters. The number of rotatable bonds is 6. The van der Waals surface area contributed by atoms with Gasteiger partial charge in [0.1, 0.15) is 11.5 Å². The van der Waals surface area contributed by atoms with Crippen molar-refractivity contribution in [2.45, 2.75) is 13.1 Å². The summed E-state index contributed by atoms with van der Waals surface area (Å²) in [6.45, 7) is 0.632. The lowest BCUT2D eigenvalue weighted by atomic mass is 10.1. The lowest BCUT2D eigenvalue weighted by Crippen LogP contribution is -2.30. The molecule has 0 fully saturated rings. The van der Waals surface area contributed by atoms with Gasteiger partial charge < -0.3 is 9.42 Å². The number of benzene rings is 3. The van der Waals surface area contributed by atoms with Crippen LogP contribution in [0, 0.1) is 5.82 Å². The molecule has 0 saturated carbocycles. The summed E-state index contributed by atoms with van der Waals surface area (Å²) in [6, 6.07) is 24.4. The number of aromatic nitrogens is 1. The van der Waals surface area contributed by atoms with Crippen molar-refractivity contribution in [3.63, 3.8) is 0 Å². The Bertz CT molecular complexity index is 1140. The standard InChI is InChI=1S/C24H18ClFN2O2/c25-22-9-5-4-8-21(22)24(29)28(15-17-6-2-1-3-7-17)16-20-14-23(30-27-20)18-10-12-19(26)13-11-18/h1-14H,15-16H2. The fourth-order valence-corrected chi connectivity index (χ4v) is 3.36. The maximum Gasteiger partial charge on any atom is 0.256 e. The molecule has 0 radical (unpaired) electrons. The van der Waals surface area contributed by atoms with E-state index < -0.39 is 0 Å². The van der Waals surface area contributed by atoms with Crippen molar-refractivity contribution in [2.75, 3.05) is 0 Å². The first kappa shape index (κ1) is 19.9. The highest BCUT2D eigenvalue weighted by Crippen LogP contribution is 2.23. The predicted octanol–water partition coefficient (Wildman–Crippen LogP) is 5.98. The molecule has 1 amide bonds. The molecule has 0 aliphatic rings. The Morgan fingerprint density at radius 1 is 0.933 bits per heavy atom. The molecule has 1 aromatic heterocycles. The van der Waals surface area contributed by atoms with Gasteiger partial charge in [0, 0.05) is 18.2 Å². The summed E-state index contributed by atoms with van der Waals surface area (Å²) in [4.78, 5) is 14.9. The van der Waals surface area contributed by atoms with Gasteiger partial charge in [-0.05, 0) is 42.0 Å². The molecule has 150 valence electrons. The highest BCUT2D eigenvalue weighted by atomic mass is 35.5. The van der Waals surface area contributed by atoms with Gasteiger partial charge in [0.25, 0.3) is 5.91 Å². The molecule has 0 N–H and O–H groups in total. The van der Waals surface area contributed by atoms with E-state index in [4.69, 9.17) is 16.1 Å². The van der Waals surface area contributed by atoms with Gasteiger partial charge in [-0.2, -0.15) is 0 Å². The average molecular weight is 421 g/mol. The van der Waals surface area contributed by atoms with Crippen molar-refractivity contribution < 1.29 is 13.7 Å². The molecule has 4 rings (SSSR count). The minimum Gasteiger partial charge on any atom is -0.356 e. The first-order valence-electron chi connectivity index (χ1n) is 9.39. The minimum atomic E-state index is -0.321. The quantitative estimate of drug-likeness (QED) is 0.385.